The van der Waals surface area contributed by atoms with Crippen molar-refractivity contribution in [2.45, 2.75) is 205 Å². The largest absolute Gasteiger partial charge is 0.462 e. The molecule has 10 nitrogen and oxygen atoms in total. The second-order valence-corrected chi connectivity index (χ2v) is 14.5. The Bertz CT molecular complexity index is 965. The van der Waals surface area contributed by atoms with Crippen molar-refractivity contribution < 1.29 is 49.0 Å². The number of aliphatic hydroxyl groups excluding tert-OH is 4. The maximum Gasteiger partial charge on any atom is 0.306 e. The van der Waals surface area contributed by atoms with Crippen molar-refractivity contribution in [2.24, 2.45) is 0 Å². The van der Waals surface area contributed by atoms with E-state index in [1.165, 1.54) is 77.0 Å². The molecular weight excluding hydrogens is 676 g/mol. The quantitative estimate of drug-likeness (QED) is 0.0287. The van der Waals surface area contributed by atoms with E-state index >= 15 is 0 Å². The minimum Gasteiger partial charge on any atom is -0.462 e. The summed E-state index contributed by atoms with van der Waals surface area (Å²) in [6.45, 7) is 3.26. The number of esters is 2. The normalized spacial score (nSPS) is 21.2. The molecule has 0 amide bonds. The molecule has 0 spiro atoms. The van der Waals surface area contributed by atoms with Crippen LogP contribution in [-0.4, -0.2) is 89.0 Å². The van der Waals surface area contributed by atoms with E-state index in [0.717, 1.165) is 57.8 Å². The van der Waals surface area contributed by atoms with E-state index in [-0.39, 0.29) is 32.0 Å². The first-order chi connectivity index (χ1) is 25.8. The van der Waals surface area contributed by atoms with Gasteiger partial charge >= 0.3 is 11.9 Å². The van der Waals surface area contributed by atoms with Gasteiger partial charge in [0, 0.05) is 12.8 Å². The molecule has 4 N–H and O–H groups in total. The summed E-state index contributed by atoms with van der Waals surface area (Å²) in [5.41, 5.74) is 0. The molecule has 6 atom stereocenters. The third-order valence-electron chi connectivity index (χ3n) is 9.60. The van der Waals surface area contributed by atoms with Crippen LogP contribution in [0.3, 0.4) is 0 Å². The second-order valence-electron chi connectivity index (χ2n) is 14.5. The molecule has 0 aromatic heterocycles. The Morgan fingerprint density at radius 3 is 1.66 bits per heavy atom. The van der Waals surface area contributed by atoms with Gasteiger partial charge in [-0.25, -0.2) is 0 Å². The predicted molar refractivity (Wildman–Crippen MR) is 210 cm³/mol. The van der Waals surface area contributed by atoms with Gasteiger partial charge in [-0.1, -0.05) is 159 Å². The zero-order valence-corrected chi connectivity index (χ0v) is 33.3. The van der Waals surface area contributed by atoms with Crippen molar-refractivity contribution in [3.8, 4) is 0 Å². The molecule has 1 heterocycles. The zero-order valence-electron chi connectivity index (χ0n) is 33.3. The molecule has 53 heavy (non-hydrogen) atoms. The third-order valence-corrected chi connectivity index (χ3v) is 9.60. The van der Waals surface area contributed by atoms with Crippen LogP contribution in [0.15, 0.2) is 36.5 Å². The fourth-order valence-corrected chi connectivity index (χ4v) is 6.25. The van der Waals surface area contributed by atoms with Gasteiger partial charge in [0.1, 0.15) is 31.0 Å². The van der Waals surface area contributed by atoms with Crippen LogP contribution in [0.5, 0.6) is 0 Å². The monoisotopic (exact) mass is 753 g/mol. The highest BCUT2D eigenvalue weighted by Crippen LogP contribution is 2.22. The Morgan fingerprint density at radius 2 is 1.11 bits per heavy atom. The molecule has 0 aromatic rings. The highest BCUT2D eigenvalue weighted by atomic mass is 16.7. The van der Waals surface area contributed by atoms with Gasteiger partial charge in [-0.2, -0.15) is 0 Å². The first-order valence-corrected chi connectivity index (χ1v) is 21.1. The van der Waals surface area contributed by atoms with E-state index in [1.54, 1.807) is 0 Å². The average Bonchev–Trinajstić information content (AvgIpc) is 3.15. The summed E-state index contributed by atoms with van der Waals surface area (Å²) in [6, 6.07) is 0. The van der Waals surface area contributed by atoms with Crippen molar-refractivity contribution in [1.82, 2.24) is 0 Å². The molecule has 1 aliphatic heterocycles. The van der Waals surface area contributed by atoms with Gasteiger partial charge in [0.2, 0.25) is 0 Å². The number of unbranched alkanes of at least 4 members (excludes halogenated alkanes) is 19. The van der Waals surface area contributed by atoms with Crippen molar-refractivity contribution in [2.75, 3.05) is 19.8 Å². The number of allylic oxidation sites excluding steroid dienone is 6. The minimum absolute atomic E-state index is 0.208. The molecule has 1 rings (SSSR count). The molecule has 1 aliphatic rings. The first-order valence-electron chi connectivity index (χ1n) is 21.1. The predicted octanol–water partition coefficient (Wildman–Crippen LogP) is 8.33. The summed E-state index contributed by atoms with van der Waals surface area (Å²) < 4.78 is 22.1. The maximum absolute atomic E-state index is 12.7. The van der Waals surface area contributed by atoms with Crippen molar-refractivity contribution in [3.63, 3.8) is 0 Å². The molecule has 0 saturated carbocycles. The minimum atomic E-state index is -1.60. The van der Waals surface area contributed by atoms with Gasteiger partial charge in [0.15, 0.2) is 12.4 Å². The highest BCUT2D eigenvalue weighted by Gasteiger charge is 2.44. The summed E-state index contributed by atoms with van der Waals surface area (Å²) in [5.74, 6) is -0.828. The summed E-state index contributed by atoms with van der Waals surface area (Å²) in [5, 5.41) is 40.0. The van der Waals surface area contributed by atoms with E-state index in [0.29, 0.717) is 6.42 Å². The summed E-state index contributed by atoms with van der Waals surface area (Å²) >= 11 is 0. The molecule has 308 valence electrons. The van der Waals surface area contributed by atoms with E-state index in [9.17, 15) is 30.0 Å². The number of carbonyl (C=O) groups is 2. The lowest BCUT2D eigenvalue weighted by atomic mass is 9.99. The molecule has 3 unspecified atom stereocenters. The van der Waals surface area contributed by atoms with Crippen LogP contribution >= 0.6 is 0 Å². The van der Waals surface area contributed by atoms with Crippen molar-refractivity contribution in [1.29, 1.82) is 0 Å². The van der Waals surface area contributed by atoms with Crippen LogP contribution < -0.4 is 0 Å². The van der Waals surface area contributed by atoms with Crippen molar-refractivity contribution in [3.05, 3.63) is 36.5 Å². The average molecular weight is 753 g/mol. The van der Waals surface area contributed by atoms with Gasteiger partial charge in [0.25, 0.3) is 0 Å². The molecule has 1 saturated heterocycles. The van der Waals surface area contributed by atoms with Gasteiger partial charge in [-0.15, -0.1) is 0 Å². The Hall–Kier alpha value is -2.08. The molecule has 1 fully saturated rings. The molecular formula is C43H76O10. The van der Waals surface area contributed by atoms with Crippen LogP contribution in [0.2, 0.25) is 0 Å². The van der Waals surface area contributed by atoms with Gasteiger partial charge in [-0.05, 0) is 32.1 Å². The van der Waals surface area contributed by atoms with Gasteiger partial charge < -0.3 is 39.4 Å². The number of aliphatic hydroxyl groups is 4. The number of hydrogen-bond donors (Lipinski definition) is 4. The standard InChI is InChI=1S/C43H76O10/c1-3-5-7-9-11-13-15-17-18-20-21-23-25-27-29-31-38(45)50-34-36(35-51-43-42(49)41(48)40(47)37(33-44)53-43)52-39(46)32-30-28-26-24-22-19-16-14-12-10-8-6-4-2/h6,8,10,12,14,16,36-37,40-44,47-49H,3-5,7,9,11,13,15,17-35H2,1-2H3/b8-6+,12-10+,16-14+/t36?,37-,40+,41?,42?,43-/m0/s1. The smallest absolute Gasteiger partial charge is 0.306 e. The molecule has 0 aromatic carbocycles. The third kappa shape index (κ3) is 26.4. The first kappa shape index (κ1) is 48.9. The molecule has 0 bridgehead atoms. The lowest BCUT2D eigenvalue weighted by Gasteiger charge is -2.39. The van der Waals surface area contributed by atoms with Crippen LogP contribution in [0.1, 0.15) is 168 Å². The van der Waals surface area contributed by atoms with E-state index in [1.807, 2.05) is 18.2 Å². The van der Waals surface area contributed by atoms with Crippen LogP contribution in [-0.2, 0) is 28.5 Å². The number of hydrogen-bond acceptors (Lipinski definition) is 10. The number of carbonyl (C=O) groups excluding carboxylic acids is 2. The lowest BCUT2D eigenvalue weighted by Crippen LogP contribution is -2.59. The van der Waals surface area contributed by atoms with Crippen LogP contribution in [0.25, 0.3) is 0 Å². The van der Waals surface area contributed by atoms with E-state index in [4.69, 9.17) is 18.9 Å². The van der Waals surface area contributed by atoms with Gasteiger partial charge in [0.05, 0.1) is 13.2 Å². The second kappa shape index (κ2) is 34.4. The van der Waals surface area contributed by atoms with E-state index in [2.05, 4.69) is 32.1 Å². The Balaban J connectivity index is 2.36. The van der Waals surface area contributed by atoms with E-state index < -0.39 is 49.4 Å². The molecule has 0 radical (unpaired) electrons. The summed E-state index contributed by atoms with van der Waals surface area (Å²) in [6.07, 6.45) is 30.1. The Kier molecular flexibility index (Phi) is 31.8. The van der Waals surface area contributed by atoms with Crippen LogP contribution in [0.4, 0.5) is 0 Å². The zero-order chi connectivity index (χ0) is 38.8. The fourth-order valence-electron chi connectivity index (χ4n) is 6.25. The Morgan fingerprint density at radius 1 is 0.604 bits per heavy atom. The fraction of sp³-hybridized carbons (Fsp3) is 0.814. The topological polar surface area (TPSA) is 152 Å². The number of ether oxygens (including phenoxy) is 4. The maximum atomic E-state index is 12.7. The van der Waals surface area contributed by atoms with Crippen molar-refractivity contribution >= 4 is 11.9 Å². The lowest BCUT2D eigenvalue weighted by molar-refractivity contribution is -0.305. The molecule has 10 heteroatoms. The summed E-state index contributed by atoms with van der Waals surface area (Å²) in [7, 11) is 0. The van der Waals surface area contributed by atoms with Gasteiger partial charge in [-0.3, -0.25) is 9.59 Å². The highest BCUT2D eigenvalue weighted by molar-refractivity contribution is 5.70. The SMILES string of the molecule is CC/C=C/C=C/C=C/CCCCCCCC(=O)OC(COC(=O)CCCCCCCCCCCCCCCCC)CO[C@H]1O[C@@H](CO)[C@@H](O)C(O)C1O. The summed E-state index contributed by atoms with van der Waals surface area (Å²) in [4.78, 5) is 25.2. The Labute approximate surface area is 321 Å². The van der Waals surface area contributed by atoms with Crippen LogP contribution in [0, 0.1) is 0 Å². The molecule has 0 aliphatic carbocycles. The number of rotatable bonds is 34.